The third kappa shape index (κ3) is 11.5. The molecule has 90 valence electrons. The van der Waals surface area contributed by atoms with E-state index in [-0.39, 0.29) is 12.5 Å². The topological polar surface area (TPSA) is 55.4 Å². The molecule has 0 aliphatic rings. The fourth-order valence-electron chi connectivity index (χ4n) is 0.972. The van der Waals surface area contributed by atoms with Crippen LogP contribution in [0.3, 0.4) is 0 Å². The van der Waals surface area contributed by atoms with Crippen LogP contribution in [0.15, 0.2) is 0 Å². The molecule has 0 rings (SSSR count). The lowest BCUT2D eigenvalue weighted by molar-refractivity contribution is -0.142. The van der Waals surface area contributed by atoms with E-state index in [0.717, 1.165) is 19.3 Å². The molecule has 0 heterocycles. The van der Waals surface area contributed by atoms with Crippen molar-refractivity contribution in [2.24, 2.45) is 0 Å². The molecule has 0 fully saturated rings. The fraction of sp³-hybridized carbons (Fsp3) is 0.900. The molecule has 0 aromatic heterocycles. The summed E-state index contributed by atoms with van der Waals surface area (Å²) in [6.07, 6.45) is 4.45. The fourth-order valence-corrected chi connectivity index (χ4v) is 1.52. The van der Waals surface area contributed by atoms with Crippen molar-refractivity contribution in [1.82, 2.24) is 5.32 Å². The van der Waals surface area contributed by atoms with Crippen LogP contribution in [0.25, 0.3) is 0 Å². The van der Waals surface area contributed by atoms with E-state index in [0.29, 0.717) is 18.9 Å². The van der Waals surface area contributed by atoms with E-state index in [4.69, 9.17) is 4.74 Å². The number of nitrogens with one attached hydrogen (secondary N) is 1. The molecule has 0 aromatic carbocycles. The molecule has 4 nitrogen and oxygen atoms in total. The summed E-state index contributed by atoms with van der Waals surface area (Å²) in [7, 11) is -0.742. The first-order chi connectivity index (χ1) is 7.16. The minimum Gasteiger partial charge on any atom is -0.465 e. The Balaban J connectivity index is 3.20. The Kier molecular flexibility index (Phi) is 9.83. The van der Waals surface area contributed by atoms with Crippen LogP contribution in [0.2, 0.25) is 0 Å². The molecule has 0 aliphatic heterocycles. The van der Waals surface area contributed by atoms with Crippen LogP contribution in [-0.4, -0.2) is 41.9 Å². The number of carbonyl (C=O) groups excluding carboxylic acids is 1. The van der Waals surface area contributed by atoms with Gasteiger partial charge in [0.25, 0.3) is 0 Å². The molecule has 15 heavy (non-hydrogen) atoms. The van der Waals surface area contributed by atoms with Gasteiger partial charge in [-0.15, -0.1) is 0 Å². The van der Waals surface area contributed by atoms with Crippen LogP contribution >= 0.6 is 0 Å². The quantitative estimate of drug-likeness (QED) is 0.472. The van der Waals surface area contributed by atoms with Crippen molar-refractivity contribution < 1.29 is 13.7 Å². The minimum atomic E-state index is -0.742. The monoisotopic (exact) mass is 235 g/mol. The van der Waals surface area contributed by atoms with Crippen molar-refractivity contribution in [2.45, 2.75) is 26.2 Å². The summed E-state index contributed by atoms with van der Waals surface area (Å²) < 4.78 is 15.7. The van der Waals surface area contributed by atoms with Crippen LogP contribution in [0.4, 0.5) is 0 Å². The molecule has 0 amide bonds. The van der Waals surface area contributed by atoms with Crippen molar-refractivity contribution in [3.05, 3.63) is 0 Å². The largest absolute Gasteiger partial charge is 0.465 e. The van der Waals surface area contributed by atoms with Crippen LogP contribution in [-0.2, 0) is 20.3 Å². The molecule has 0 bridgehead atoms. The first kappa shape index (κ1) is 14.6. The van der Waals surface area contributed by atoms with E-state index in [1.165, 1.54) is 0 Å². The molecule has 1 N–H and O–H groups in total. The van der Waals surface area contributed by atoms with E-state index in [1.54, 1.807) is 6.26 Å². The number of hydrogen-bond acceptors (Lipinski definition) is 4. The number of rotatable bonds is 9. The molecule has 0 radical (unpaired) electrons. The molecule has 0 aliphatic carbocycles. The predicted molar refractivity (Wildman–Crippen MR) is 62.3 cm³/mol. The second-order valence-electron chi connectivity index (χ2n) is 3.38. The van der Waals surface area contributed by atoms with Gasteiger partial charge in [-0.25, -0.2) is 0 Å². The van der Waals surface area contributed by atoms with E-state index in [9.17, 15) is 9.00 Å². The summed E-state index contributed by atoms with van der Waals surface area (Å²) >= 11 is 0. The van der Waals surface area contributed by atoms with Gasteiger partial charge >= 0.3 is 5.97 Å². The van der Waals surface area contributed by atoms with Crippen molar-refractivity contribution >= 4 is 16.8 Å². The molecular formula is C10H21NO3S. The van der Waals surface area contributed by atoms with Crippen LogP contribution in [0.5, 0.6) is 0 Å². The summed E-state index contributed by atoms with van der Waals surface area (Å²) in [5.41, 5.74) is 0. The van der Waals surface area contributed by atoms with Crippen LogP contribution in [0.1, 0.15) is 26.2 Å². The molecular weight excluding hydrogens is 214 g/mol. The number of carbonyl (C=O) groups is 1. The van der Waals surface area contributed by atoms with Crippen molar-refractivity contribution in [3.63, 3.8) is 0 Å². The first-order valence-electron chi connectivity index (χ1n) is 5.33. The third-order valence-corrected chi connectivity index (χ3v) is 2.68. The van der Waals surface area contributed by atoms with Gasteiger partial charge in [0.1, 0.15) is 0 Å². The Morgan fingerprint density at radius 2 is 2.13 bits per heavy atom. The normalized spacial score (nSPS) is 12.4. The predicted octanol–water partition coefficient (Wildman–Crippen LogP) is 0.688. The smallest absolute Gasteiger partial charge is 0.319 e. The summed E-state index contributed by atoms with van der Waals surface area (Å²) in [5.74, 6) is 0.471. The highest BCUT2D eigenvalue weighted by Crippen LogP contribution is 1.88. The molecule has 0 saturated heterocycles. The Morgan fingerprint density at radius 3 is 2.73 bits per heavy atom. The Morgan fingerprint density at radius 1 is 1.40 bits per heavy atom. The maximum absolute atomic E-state index is 11.1. The number of ether oxygens (including phenoxy) is 1. The summed E-state index contributed by atoms with van der Waals surface area (Å²) in [6.45, 7) is 3.52. The molecule has 0 aromatic rings. The van der Waals surface area contributed by atoms with Gasteiger partial charge in [-0.2, -0.15) is 0 Å². The van der Waals surface area contributed by atoms with Crippen molar-refractivity contribution in [1.29, 1.82) is 0 Å². The van der Waals surface area contributed by atoms with Gasteiger partial charge in [0.2, 0.25) is 0 Å². The minimum absolute atomic E-state index is 0.207. The zero-order valence-corrected chi connectivity index (χ0v) is 10.4. The second-order valence-corrected chi connectivity index (χ2v) is 4.94. The molecule has 1 atom stereocenters. The molecule has 0 spiro atoms. The van der Waals surface area contributed by atoms with E-state index >= 15 is 0 Å². The molecule has 1 unspecified atom stereocenters. The third-order valence-electron chi connectivity index (χ3n) is 1.82. The summed E-state index contributed by atoms with van der Waals surface area (Å²) in [6, 6.07) is 0. The van der Waals surface area contributed by atoms with Crippen molar-refractivity contribution in [3.8, 4) is 0 Å². The lowest BCUT2D eigenvalue weighted by Crippen LogP contribution is -2.26. The lowest BCUT2D eigenvalue weighted by Gasteiger charge is -2.05. The maximum atomic E-state index is 11.1. The van der Waals surface area contributed by atoms with Gasteiger partial charge < -0.3 is 10.1 Å². The standard InChI is InChI=1S/C10H21NO3S/c1-3-4-7-14-10(12)9-11-6-5-8-15(2)13/h11H,3-9H2,1-2H3. The van der Waals surface area contributed by atoms with Crippen molar-refractivity contribution in [2.75, 3.05) is 31.7 Å². The zero-order chi connectivity index (χ0) is 11.5. The first-order valence-corrected chi connectivity index (χ1v) is 7.06. The van der Waals surface area contributed by atoms with Gasteiger partial charge in [0.05, 0.1) is 13.2 Å². The van der Waals surface area contributed by atoms with Gasteiger partial charge in [0, 0.05) is 22.8 Å². The number of esters is 1. The number of hydrogen-bond donors (Lipinski definition) is 1. The number of unbranched alkanes of at least 4 members (excludes halogenated alkanes) is 1. The van der Waals surface area contributed by atoms with Gasteiger partial charge in [0.15, 0.2) is 0 Å². The highest BCUT2D eigenvalue weighted by Gasteiger charge is 2.00. The average Bonchev–Trinajstić information content (AvgIpc) is 2.17. The second kappa shape index (κ2) is 10.1. The van der Waals surface area contributed by atoms with Gasteiger partial charge in [-0.1, -0.05) is 13.3 Å². The summed E-state index contributed by atoms with van der Waals surface area (Å²) in [5, 5.41) is 2.96. The van der Waals surface area contributed by atoms with E-state index in [2.05, 4.69) is 12.2 Å². The lowest BCUT2D eigenvalue weighted by atomic mass is 10.4. The zero-order valence-electron chi connectivity index (χ0n) is 9.58. The highest BCUT2D eigenvalue weighted by molar-refractivity contribution is 7.84. The Hall–Kier alpha value is -0.420. The Bertz CT molecular complexity index is 197. The highest BCUT2D eigenvalue weighted by atomic mass is 32.2. The SMILES string of the molecule is CCCCOC(=O)CNCCCS(C)=O. The average molecular weight is 235 g/mol. The van der Waals surface area contributed by atoms with E-state index in [1.807, 2.05) is 0 Å². The van der Waals surface area contributed by atoms with Gasteiger partial charge in [-0.05, 0) is 19.4 Å². The Labute approximate surface area is 94.2 Å². The van der Waals surface area contributed by atoms with Gasteiger partial charge in [-0.3, -0.25) is 9.00 Å². The molecule has 5 heteroatoms. The van der Waals surface area contributed by atoms with Crippen LogP contribution in [0, 0.1) is 0 Å². The van der Waals surface area contributed by atoms with E-state index < -0.39 is 10.8 Å². The van der Waals surface area contributed by atoms with Crippen LogP contribution < -0.4 is 5.32 Å². The maximum Gasteiger partial charge on any atom is 0.319 e. The molecule has 0 saturated carbocycles. The summed E-state index contributed by atoms with van der Waals surface area (Å²) in [4.78, 5) is 11.1.